The van der Waals surface area contributed by atoms with Gasteiger partial charge in [0.1, 0.15) is 0 Å². The molecule has 1 N–H and O–H groups in total. The number of carbonyl (C=O) groups is 2. The molecule has 3 aliphatic rings. The fourth-order valence-electron chi connectivity index (χ4n) is 5.16. The van der Waals surface area contributed by atoms with Crippen molar-refractivity contribution in [2.24, 2.45) is 17.3 Å². The first-order chi connectivity index (χ1) is 13.1. The fraction of sp³-hybridized carbons (Fsp3) is 0.636. The van der Waals surface area contributed by atoms with Crippen molar-refractivity contribution >= 4 is 11.9 Å². The zero-order valence-electron chi connectivity index (χ0n) is 15.8. The molecular weight excluding hydrogens is 342 g/mol. The summed E-state index contributed by atoms with van der Waals surface area (Å²) in [4.78, 5) is 26.8. The van der Waals surface area contributed by atoms with Crippen molar-refractivity contribution in [3.05, 3.63) is 35.9 Å². The maximum atomic E-state index is 13.3. The molecule has 5 nitrogen and oxygen atoms in total. The van der Waals surface area contributed by atoms with E-state index in [2.05, 4.69) is 12.1 Å². The van der Waals surface area contributed by atoms with Gasteiger partial charge < -0.3 is 14.7 Å². The van der Waals surface area contributed by atoms with E-state index in [4.69, 9.17) is 4.74 Å². The summed E-state index contributed by atoms with van der Waals surface area (Å²) in [5, 5.41) is 9.40. The van der Waals surface area contributed by atoms with Crippen molar-refractivity contribution in [1.82, 2.24) is 4.90 Å². The molecule has 0 radical (unpaired) electrons. The van der Waals surface area contributed by atoms with Crippen molar-refractivity contribution in [1.29, 1.82) is 0 Å². The number of hydrogen-bond acceptors (Lipinski definition) is 3. The van der Waals surface area contributed by atoms with E-state index in [1.165, 1.54) is 5.56 Å². The predicted molar refractivity (Wildman–Crippen MR) is 101 cm³/mol. The highest BCUT2D eigenvalue weighted by Gasteiger charge is 2.47. The molecule has 4 rings (SSSR count). The zero-order chi connectivity index (χ0) is 18.9. The van der Waals surface area contributed by atoms with Crippen molar-refractivity contribution in [3.63, 3.8) is 0 Å². The van der Waals surface area contributed by atoms with Crippen LogP contribution in [-0.2, 0) is 20.7 Å². The highest BCUT2D eigenvalue weighted by atomic mass is 16.5. The van der Waals surface area contributed by atoms with Gasteiger partial charge in [0.15, 0.2) is 0 Å². The average molecular weight is 371 g/mol. The van der Waals surface area contributed by atoms with Crippen LogP contribution < -0.4 is 0 Å². The zero-order valence-corrected chi connectivity index (χ0v) is 15.8. The number of carboxylic acids is 1. The third-order valence-corrected chi connectivity index (χ3v) is 6.89. The molecule has 1 saturated carbocycles. The number of piperidine rings is 1. The number of benzene rings is 1. The first kappa shape index (κ1) is 18.5. The second-order valence-corrected chi connectivity index (χ2v) is 8.49. The van der Waals surface area contributed by atoms with Crippen LogP contribution in [0.1, 0.15) is 44.1 Å². The Kier molecular flexibility index (Phi) is 5.22. The number of amides is 1. The number of carboxylic acid groups (broad SMARTS) is 1. The molecule has 0 bridgehead atoms. The van der Waals surface area contributed by atoms with Gasteiger partial charge in [0.05, 0.1) is 17.4 Å². The van der Waals surface area contributed by atoms with Gasteiger partial charge in [-0.25, -0.2) is 0 Å². The first-order valence-electron chi connectivity index (χ1n) is 10.3. The van der Waals surface area contributed by atoms with Crippen LogP contribution in [0.2, 0.25) is 0 Å². The number of nitrogens with zero attached hydrogens (tertiary/aromatic N) is 1. The van der Waals surface area contributed by atoms with Crippen LogP contribution in [0.5, 0.6) is 0 Å². The SMILES string of the molecule is O=C(O)C1CCO[C@H]1C1CCN(C(=O)C2(Cc3ccccc3)CCC2)CC1. The molecular formula is C22H29NO4. The third kappa shape index (κ3) is 3.62. The Morgan fingerprint density at radius 3 is 2.41 bits per heavy atom. The maximum absolute atomic E-state index is 13.3. The quantitative estimate of drug-likeness (QED) is 0.864. The molecule has 5 heteroatoms. The second-order valence-electron chi connectivity index (χ2n) is 8.49. The average Bonchev–Trinajstić information content (AvgIpc) is 3.15. The van der Waals surface area contributed by atoms with E-state index >= 15 is 0 Å². The highest BCUT2D eigenvalue weighted by Crippen LogP contribution is 2.46. The normalized spacial score (nSPS) is 27.9. The minimum Gasteiger partial charge on any atom is -0.481 e. The van der Waals surface area contributed by atoms with Crippen LogP contribution in [0.3, 0.4) is 0 Å². The van der Waals surface area contributed by atoms with E-state index in [0.29, 0.717) is 18.9 Å². The standard InChI is InChI=1S/C22H29NO4/c24-20(25)18-9-14-27-19(18)17-7-12-23(13-8-17)21(26)22(10-4-11-22)15-16-5-2-1-3-6-16/h1-3,5-6,17-19H,4,7-15H2,(H,24,25)/t18?,19-/m0/s1. The van der Waals surface area contributed by atoms with E-state index in [9.17, 15) is 14.7 Å². The van der Waals surface area contributed by atoms with E-state index in [1.54, 1.807) is 0 Å². The Hall–Kier alpha value is -1.88. The summed E-state index contributed by atoms with van der Waals surface area (Å²) in [6, 6.07) is 10.3. The van der Waals surface area contributed by atoms with E-state index in [0.717, 1.165) is 51.6 Å². The van der Waals surface area contributed by atoms with Crippen LogP contribution in [0.25, 0.3) is 0 Å². The Labute approximate surface area is 160 Å². The Bertz CT molecular complexity index is 677. The van der Waals surface area contributed by atoms with Crippen molar-refractivity contribution in [2.75, 3.05) is 19.7 Å². The molecule has 0 aromatic heterocycles. The van der Waals surface area contributed by atoms with Gasteiger partial charge in [0, 0.05) is 19.7 Å². The van der Waals surface area contributed by atoms with Gasteiger partial charge in [-0.15, -0.1) is 0 Å². The van der Waals surface area contributed by atoms with Crippen LogP contribution in [0.15, 0.2) is 30.3 Å². The summed E-state index contributed by atoms with van der Waals surface area (Å²) >= 11 is 0. The summed E-state index contributed by atoms with van der Waals surface area (Å²) in [5.41, 5.74) is 1.02. The highest BCUT2D eigenvalue weighted by molar-refractivity contribution is 5.84. The number of carbonyl (C=O) groups excluding carboxylic acids is 1. The summed E-state index contributed by atoms with van der Waals surface area (Å²) < 4.78 is 5.76. The minimum atomic E-state index is -0.743. The van der Waals surface area contributed by atoms with E-state index in [-0.39, 0.29) is 23.4 Å². The number of aliphatic carboxylic acids is 1. The number of ether oxygens (including phenoxy) is 1. The molecule has 0 spiro atoms. The Morgan fingerprint density at radius 1 is 1.11 bits per heavy atom. The van der Waals surface area contributed by atoms with Crippen LogP contribution in [0, 0.1) is 17.3 Å². The summed E-state index contributed by atoms with van der Waals surface area (Å²) in [6.07, 6.45) is 6.05. The van der Waals surface area contributed by atoms with Crippen LogP contribution in [-0.4, -0.2) is 47.7 Å². The van der Waals surface area contributed by atoms with Gasteiger partial charge in [-0.1, -0.05) is 36.8 Å². The lowest BCUT2D eigenvalue weighted by atomic mass is 9.64. The molecule has 3 fully saturated rings. The molecule has 2 saturated heterocycles. The fourth-order valence-corrected chi connectivity index (χ4v) is 5.16. The lowest BCUT2D eigenvalue weighted by molar-refractivity contribution is -0.151. The minimum absolute atomic E-state index is 0.179. The molecule has 2 atom stereocenters. The largest absolute Gasteiger partial charge is 0.481 e. The number of rotatable bonds is 5. The van der Waals surface area contributed by atoms with Crippen molar-refractivity contribution < 1.29 is 19.4 Å². The number of likely N-dealkylation sites (tertiary alicyclic amines) is 1. The van der Waals surface area contributed by atoms with Gasteiger partial charge in [-0.2, -0.15) is 0 Å². The van der Waals surface area contributed by atoms with E-state index < -0.39 is 5.97 Å². The Morgan fingerprint density at radius 2 is 1.81 bits per heavy atom. The second kappa shape index (κ2) is 7.63. The molecule has 2 aliphatic heterocycles. The van der Waals surface area contributed by atoms with E-state index in [1.807, 2.05) is 23.1 Å². The van der Waals surface area contributed by atoms with Crippen LogP contribution in [0.4, 0.5) is 0 Å². The van der Waals surface area contributed by atoms with Gasteiger partial charge in [-0.05, 0) is 50.0 Å². The van der Waals surface area contributed by atoms with Crippen molar-refractivity contribution in [2.45, 2.75) is 51.0 Å². The summed E-state index contributed by atoms with van der Waals surface area (Å²) in [6.45, 7) is 2.00. The van der Waals surface area contributed by atoms with Gasteiger partial charge in [0.25, 0.3) is 0 Å². The lowest BCUT2D eigenvalue weighted by Gasteiger charge is -2.46. The van der Waals surface area contributed by atoms with Gasteiger partial charge in [0.2, 0.25) is 5.91 Å². The summed E-state index contributed by atoms with van der Waals surface area (Å²) in [5.74, 6) is -0.567. The molecule has 1 amide bonds. The van der Waals surface area contributed by atoms with Crippen LogP contribution >= 0.6 is 0 Å². The molecule has 2 heterocycles. The van der Waals surface area contributed by atoms with Gasteiger partial charge in [-0.3, -0.25) is 9.59 Å². The molecule has 1 aromatic rings. The smallest absolute Gasteiger partial charge is 0.309 e. The molecule has 1 aliphatic carbocycles. The molecule has 27 heavy (non-hydrogen) atoms. The molecule has 1 aromatic carbocycles. The molecule has 146 valence electrons. The molecule has 1 unspecified atom stereocenters. The maximum Gasteiger partial charge on any atom is 0.309 e. The summed E-state index contributed by atoms with van der Waals surface area (Å²) in [7, 11) is 0. The van der Waals surface area contributed by atoms with Gasteiger partial charge >= 0.3 is 5.97 Å². The Balaban J connectivity index is 1.37. The monoisotopic (exact) mass is 371 g/mol. The number of hydrogen-bond donors (Lipinski definition) is 1. The predicted octanol–water partition coefficient (Wildman–Crippen LogP) is 3.13. The topological polar surface area (TPSA) is 66.8 Å². The third-order valence-electron chi connectivity index (χ3n) is 6.89. The lowest BCUT2D eigenvalue weighted by Crippen LogP contribution is -2.52. The first-order valence-corrected chi connectivity index (χ1v) is 10.3. The van der Waals surface area contributed by atoms with Crippen molar-refractivity contribution in [3.8, 4) is 0 Å².